The van der Waals surface area contributed by atoms with Crippen molar-refractivity contribution in [1.82, 2.24) is 9.78 Å². The van der Waals surface area contributed by atoms with Crippen LogP contribution in [0.4, 0.5) is 0 Å². The van der Waals surface area contributed by atoms with Crippen molar-refractivity contribution in [1.29, 1.82) is 0 Å². The topological polar surface area (TPSA) is 55.1 Å². The van der Waals surface area contributed by atoms with Gasteiger partial charge in [-0.25, -0.2) is 4.68 Å². The van der Waals surface area contributed by atoms with Gasteiger partial charge in [0, 0.05) is 11.3 Å². The highest BCUT2D eigenvalue weighted by Gasteiger charge is 2.12. The molecule has 0 saturated heterocycles. The van der Waals surface area contributed by atoms with Gasteiger partial charge in [-0.1, -0.05) is 12.1 Å². The van der Waals surface area contributed by atoms with Crippen LogP contribution in [0.25, 0.3) is 5.69 Å². The van der Waals surface area contributed by atoms with Gasteiger partial charge in [-0.3, -0.25) is 4.79 Å². The SMILES string of the molecule is Cc1ccc(C)c(-n2ncc(CC(=O)O)c2C)c1. The Kier molecular flexibility index (Phi) is 3.19. The van der Waals surface area contributed by atoms with Gasteiger partial charge in [-0.15, -0.1) is 0 Å². The molecule has 4 nitrogen and oxygen atoms in total. The van der Waals surface area contributed by atoms with E-state index in [2.05, 4.69) is 17.2 Å². The van der Waals surface area contributed by atoms with E-state index in [1.165, 1.54) is 0 Å². The smallest absolute Gasteiger partial charge is 0.307 e. The molecule has 0 saturated carbocycles. The predicted octanol–water partition coefficient (Wildman–Crippen LogP) is 2.42. The number of nitrogens with zero attached hydrogens (tertiary/aromatic N) is 2. The summed E-state index contributed by atoms with van der Waals surface area (Å²) in [7, 11) is 0. The van der Waals surface area contributed by atoms with E-state index >= 15 is 0 Å². The first kappa shape index (κ1) is 12.4. The van der Waals surface area contributed by atoms with E-state index in [0.717, 1.165) is 28.1 Å². The van der Waals surface area contributed by atoms with Crippen LogP contribution in [-0.4, -0.2) is 20.9 Å². The van der Waals surface area contributed by atoms with E-state index in [-0.39, 0.29) is 6.42 Å². The lowest BCUT2D eigenvalue weighted by Crippen LogP contribution is -2.04. The number of carboxylic acid groups (broad SMARTS) is 1. The van der Waals surface area contributed by atoms with Crippen LogP contribution in [0.15, 0.2) is 24.4 Å². The van der Waals surface area contributed by atoms with Gasteiger partial charge in [-0.2, -0.15) is 5.10 Å². The number of hydrogen-bond acceptors (Lipinski definition) is 2. The second-order valence-corrected chi connectivity index (χ2v) is 4.53. The number of aliphatic carboxylic acids is 1. The molecule has 1 aromatic carbocycles. The van der Waals surface area contributed by atoms with E-state index in [1.54, 1.807) is 10.9 Å². The Morgan fingerprint density at radius 2 is 2.06 bits per heavy atom. The normalized spacial score (nSPS) is 10.6. The highest BCUT2D eigenvalue weighted by molar-refractivity contribution is 5.70. The summed E-state index contributed by atoms with van der Waals surface area (Å²) in [4.78, 5) is 10.8. The number of carboxylic acids is 1. The minimum absolute atomic E-state index is 0.0106. The maximum Gasteiger partial charge on any atom is 0.307 e. The number of hydrogen-bond donors (Lipinski definition) is 1. The fourth-order valence-corrected chi connectivity index (χ4v) is 1.97. The van der Waals surface area contributed by atoms with Crippen LogP contribution in [-0.2, 0) is 11.2 Å². The molecule has 0 atom stereocenters. The average molecular weight is 244 g/mol. The zero-order valence-corrected chi connectivity index (χ0v) is 10.8. The second-order valence-electron chi connectivity index (χ2n) is 4.53. The molecule has 0 bridgehead atoms. The van der Waals surface area contributed by atoms with Gasteiger partial charge >= 0.3 is 5.97 Å². The number of aryl methyl sites for hydroxylation is 2. The second kappa shape index (κ2) is 4.64. The minimum Gasteiger partial charge on any atom is -0.481 e. The van der Waals surface area contributed by atoms with Crippen molar-refractivity contribution >= 4 is 5.97 Å². The maximum absolute atomic E-state index is 10.8. The third-order valence-electron chi connectivity index (χ3n) is 3.05. The van der Waals surface area contributed by atoms with Crippen LogP contribution < -0.4 is 0 Å². The van der Waals surface area contributed by atoms with Gasteiger partial charge in [-0.05, 0) is 38.0 Å². The number of aromatic nitrogens is 2. The third kappa shape index (κ3) is 2.27. The standard InChI is InChI=1S/C14H16N2O2/c1-9-4-5-10(2)13(6-9)16-11(3)12(8-15-16)7-14(17)18/h4-6,8H,7H2,1-3H3,(H,17,18). The van der Waals surface area contributed by atoms with Gasteiger partial charge in [0.15, 0.2) is 0 Å². The van der Waals surface area contributed by atoms with Crippen LogP contribution in [0.2, 0.25) is 0 Å². The Balaban J connectivity index is 2.48. The van der Waals surface area contributed by atoms with E-state index in [0.29, 0.717) is 0 Å². The summed E-state index contributed by atoms with van der Waals surface area (Å²) in [6.07, 6.45) is 1.64. The summed E-state index contributed by atoms with van der Waals surface area (Å²) in [5.41, 5.74) is 4.91. The molecule has 0 amide bonds. The van der Waals surface area contributed by atoms with Crippen LogP contribution in [0.5, 0.6) is 0 Å². The number of carbonyl (C=O) groups is 1. The molecular formula is C14H16N2O2. The maximum atomic E-state index is 10.8. The predicted molar refractivity (Wildman–Crippen MR) is 69.1 cm³/mol. The fourth-order valence-electron chi connectivity index (χ4n) is 1.97. The quantitative estimate of drug-likeness (QED) is 0.902. The summed E-state index contributed by atoms with van der Waals surface area (Å²) in [5.74, 6) is -0.835. The Hall–Kier alpha value is -2.10. The lowest BCUT2D eigenvalue weighted by atomic mass is 10.1. The minimum atomic E-state index is -0.835. The van der Waals surface area contributed by atoms with E-state index in [9.17, 15) is 4.79 Å². The van der Waals surface area contributed by atoms with Crippen LogP contribution in [0, 0.1) is 20.8 Å². The van der Waals surface area contributed by atoms with Crippen molar-refractivity contribution in [3.8, 4) is 5.69 Å². The van der Waals surface area contributed by atoms with Crippen molar-refractivity contribution in [2.75, 3.05) is 0 Å². The molecule has 0 aliphatic rings. The zero-order valence-electron chi connectivity index (χ0n) is 10.8. The average Bonchev–Trinajstić information content (AvgIpc) is 2.64. The van der Waals surface area contributed by atoms with Gasteiger partial charge in [0.1, 0.15) is 0 Å². The summed E-state index contributed by atoms with van der Waals surface area (Å²) in [6.45, 7) is 5.94. The summed E-state index contributed by atoms with van der Waals surface area (Å²) < 4.78 is 1.81. The molecule has 18 heavy (non-hydrogen) atoms. The fraction of sp³-hybridized carbons (Fsp3) is 0.286. The van der Waals surface area contributed by atoms with Crippen molar-refractivity contribution < 1.29 is 9.90 Å². The first-order valence-electron chi connectivity index (χ1n) is 5.82. The molecule has 0 spiro atoms. The van der Waals surface area contributed by atoms with Gasteiger partial charge in [0.25, 0.3) is 0 Å². The molecule has 0 fully saturated rings. The van der Waals surface area contributed by atoms with E-state index < -0.39 is 5.97 Å². The first-order chi connectivity index (χ1) is 8.49. The molecule has 4 heteroatoms. The summed E-state index contributed by atoms with van der Waals surface area (Å²) in [6, 6.07) is 6.15. The molecule has 1 N–H and O–H groups in total. The lowest BCUT2D eigenvalue weighted by molar-refractivity contribution is -0.136. The van der Waals surface area contributed by atoms with Crippen molar-refractivity contribution in [3.63, 3.8) is 0 Å². The van der Waals surface area contributed by atoms with Crippen molar-refractivity contribution in [2.24, 2.45) is 0 Å². The Bertz CT molecular complexity index is 600. The summed E-state index contributed by atoms with van der Waals surface area (Å²) in [5, 5.41) is 13.1. The van der Waals surface area contributed by atoms with Crippen LogP contribution in [0.3, 0.4) is 0 Å². The van der Waals surface area contributed by atoms with Gasteiger partial charge in [0.2, 0.25) is 0 Å². The number of rotatable bonds is 3. The molecule has 0 unspecified atom stereocenters. The Morgan fingerprint density at radius 1 is 1.33 bits per heavy atom. The summed E-state index contributed by atoms with van der Waals surface area (Å²) >= 11 is 0. The van der Waals surface area contributed by atoms with Gasteiger partial charge in [0.05, 0.1) is 18.3 Å². The molecule has 1 heterocycles. The molecule has 1 aromatic heterocycles. The van der Waals surface area contributed by atoms with Crippen molar-refractivity contribution in [2.45, 2.75) is 27.2 Å². The third-order valence-corrected chi connectivity index (χ3v) is 3.05. The molecule has 0 radical (unpaired) electrons. The highest BCUT2D eigenvalue weighted by Crippen LogP contribution is 2.19. The monoisotopic (exact) mass is 244 g/mol. The molecular weight excluding hydrogens is 228 g/mol. The largest absolute Gasteiger partial charge is 0.481 e. The lowest BCUT2D eigenvalue weighted by Gasteiger charge is -2.09. The highest BCUT2D eigenvalue weighted by atomic mass is 16.4. The Morgan fingerprint density at radius 3 is 2.72 bits per heavy atom. The Labute approximate surface area is 106 Å². The molecule has 0 aliphatic carbocycles. The number of benzene rings is 1. The molecule has 2 rings (SSSR count). The van der Waals surface area contributed by atoms with Crippen molar-refractivity contribution in [3.05, 3.63) is 46.8 Å². The first-order valence-corrected chi connectivity index (χ1v) is 5.82. The zero-order chi connectivity index (χ0) is 13.3. The molecule has 0 aliphatic heterocycles. The van der Waals surface area contributed by atoms with Crippen LogP contribution >= 0.6 is 0 Å². The molecule has 94 valence electrons. The van der Waals surface area contributed by atoms with E-state index in [1.807, 2.05) is 26.8 Å². The van der Waals surface area contributed by atoms with E-state index in [4.69, 9.17) is 5.11 Å². The molecule has 2 aromatic rings. The van der Waals surface area contributed by atoms with Crippen LogP contribution in [0.1, 0.15) is 22.4 Å². The van der Waals surface area contributed by atoms with Gasteiger partial charge < -0.3 is 5.11 Å².